The molecule has 88 valence electrons. The van der Waals surface area contributed by atoms with E-state index >= 15 is 0 Å². The predicted molar refractivity (Wildman–Crippen MR) is 52.7 cm³/mol. The van der Waals surface area contributed by atoms with Crippen molar-refractivity contribution in [1.29, 1.82) is 0 Å². The number of aromatic hydroxyl groups is 1. The number of benzene rings is 1. The van der Waals surface area contributed by atoms with Gasteiger partial charge < -0.3 is 15.9 Å². The van der Waals surface area contributed by atoms with E-state index in [1.54, 1.807) is 0 Å². The molecule has 1 atom stereocenters. The molecule has 0 aliphatic rings. The lowest BCUT2D eigenvalue weighted by molar-refractivity contribution is 0.0695. The Bertz CT molecular complexity index is 421. The van der Waals surface area contributed by atoms with Gasteiger partial charge in [0.25, 0.3) is 6.43 Å². The predicted octanol–water partition coefficient (Wildman–Crippen LogP) is 1.66. The molecule has 0 saturated heterocycles. The molecule has 6 heteroatoms. The summed E-state index contributed by atoms with van der Waals surface area (Å²) < 4.78 is 24.8. The van der Waals surface area contributed by atoms with Gasteiger partial charge in [0.2, 0.25) is 0 Å². The topological polar surface area (TPSA) is 83.5 Å². The third kappa shape index (κ3) is 2.27. The number of carboxylic acids is 1. The molecule has 0 heterocycles. The van der Waals surface area contributed by atoms with Crippen molar-refractivity contribution in [3.63, 3.8) is 0 Å². The molecule has 0 radical (unpaired) electrons. The van der Waals surface area contributed by atoms with Gasteiger partial charge in [0.05, 0.1) is 11.6 Å². The van der Waals surface area contributed by atoms with Gasteiger partial charge in [-0.1, -0.05) is 0 Å². The number of aryl methyl sites for hydroxylation is 1. The Hall–Kier alpha value is -1.69. The van der Waals surface area contributed by atoms with Gasteiger partial charge in [0.1, 0.15) is 5.75 Å². The molecular formula is C10H11F2NO3. The lowest BCUT2D eigenvalue weighted by Crippen LogP contribution is -2.19. The summed E-state index contributed by atoms with van der Waals surface area (Å²) in [5, 5.41) is 18.3. The van der Waals surface area contributed by atoms with Crippen molar-refractivity contribution in [2.45, 2.75) is 19.4 Å². The highest BCUT2D eigenvalue weighted by atomic mass is 19.3. The van der Waals surface area contributed by atoms with Crippen molar-refractivity contribution in [2.75, 3.05) is 0 Å². The van der Waals surface area contributed by atoms with Crippen molar-refractivity contribution in [3.8, 4) is 5.75 Å². The molecule has 0 amide bonds. The zero-order chi connectivity index (χ0) is 12.5. The number of hydrogen-bond acceptors (Lipinski definition) is 3. The maximum Gasteiger partial charge on any atom is 0.335 e. The molecule has 1 rings (SSSR count). The molecule has 4 N–H and O–H groups in total. The number of rotatable bonds is 3. The first kappa shape index (κ1) is 12.4. The number of aromatic carboxylic acids is 1. The smallest absolute Gasteiger partial charge is 0.335 e. The van der Waals surface area contributed by atoms with Gasteiger partial charge in [-0.15, -0.1) is 0 Å². The van der Waals surface area contributed by atoms with Crippen molar-refractivity contribution in [2.24, 2.45) is 5.73 Å². The fraction of sp³-hybridized carbons (Fsp3) is 0.300. The summed E-state index contributed by atoms with van der Waals surface area (Å²) >= 11 is 0. The molecule has 1 aromatic carbocycles. The van der Waals surface area contributed by atoms with E-state index in [9.17, 15) is 18.7 Å². The van der Waals surface area contributed by atoms with Gasteiger partial charge in [-0.3, -0.25) is 0 Å². The summed E-state index contributed by atoms with van der Waals surface area (Å²) in [6.07, 6.45) is -2.87. The minimum absolute atomic E-state index is 0.179. The summed E-state index contributed by atoms with van der Waals surface area (Å²) in [5.41, 5.74) is 4.94. The molecule has 0 aliphatic carbocycles. The standard InChI is InChI=1S/C10H11F2NO3/c1-4-2-5(10(15)16)3-6(8(4)14)7(13)9(11)12/h2-3,7,9,14H,13H2,1H3,(H,15,16)/t7-/m1/s1. The van der Waals surface area contributed by atoms with Crippen LogP contribution in [0, 0.1) is 6.92 Å². The molecule has 0 aromatic heterocycles. The third-order valence-electron chi connectivity index (χ3n) is 2.21. The van der Waals surface area contributed by atoms with Crippen LogP contribution in [0.1, 0.15) is 27.5 Å². The SMILES string of the molecule is Cc1cc(C(=O)O)cc([C@@H](N)C(F)F)c1O. The van der Waals surface area contributed by atoms with Gasteiger partial charge in [-0.2, -0.15) is 0 Å². The minimum Gasteiger partial charge on any atom is -0.507 e. The number of nitrogens with two attached hydrogens (primary N) is 1. The molecule has 1 aromatic rings. The first-order valence-electron chi connectivity index (χ1n) is 4.45. The molecule has 16 heavy (non-hydrogen) atoms. The van der Waals surface area contributed by atoms with E-state index < -0.39 is 24.2 Å². The van der Waals surface area contributed by atoms with Gasteiger partial charge >= 0.3 is 5.97 Å². The summed E-state index contributed by atoms with van der Waals surface area (Å²) in [6, 6.07) is 0.457. The van der Waals surface area contributed by atoms with Crippen LogP contribution in [-0.4, -0.2) is 22.6 Å². The summed E-state index contributed by atoms with van der Waals surface area (Å²) in [7, 11) is 0. The number of halogens is 2. The highest BCUT2D eigenvalue weighted by Gasteiger charge is 2.23. The Morgan fingerprint density at radius 2 is 2.00 bits per heavy atom. The van der Waals surface area contributed by atoms with Gasteiger partial charge in [0, 0.05) is 5.56 Å². The highest BCUT2D eigenvalue weighted by Crippen LogP contribution is 2.31. The van der Waals surface area contributed by atoms with Crippen LogP contribution in [0.2, 0.25) is 0 Å². The molecule has 0 aliphatic heterocycles. The van der Waals surface area contributed by atoms with Gasteiger partial charge in [-0.05, 0) is 24.6 Å². The number of hydrogen-bond donors (Lipinski definition) is 3. The number of carboxylic acid groups (broad SMARTS) is 1. The molecule has 0 spiro atoms. The quantitative estimate of drug-likeness (QED) is 0.738. The molecule has 0 bridgehead atoms. The summed E-state index contributed by atoms with van der Waals surface area (Å²) in [6.45, 7) is 1.42. The van der Waals surface area contributed by atoms with E-state index in [0.717, 1.165) is 6.07 Å². The third-order valence-corrected chi connectivity index (χ3v) is 2.21. The Morgan fingerprint density at radius 1 is 1.44 bits per heavy atom. The Kier molecular flexibility index (Phi) is 3.44. The van der Waals surface area contributed by atoms with Crippen LogP contribution in [0.5, 0.6) is 5.75 Å². The summed E-state index contributed by atoms with van der Waals surface area (Å²) in [4.78, 5) is 10.7. The lowest BCUT2D eigenvalue weighted by Gasteiger charge is -2.15. The molecule has 4 nitrogen and oxygen atoms in total. The number of phenols is 1. The maximum absolute atomic E-state index is 12.4. The number of alkyl halides is 2. The van der Waals surface area contributed by atoms with Crippen LogP contribution >= 0.6 is 0 Å². The van der Waals surface area contributed by atoms with Crippen LogP contribution < -0.4 is 5.73 Å². The minimum atomic E-state index is -2.87. The van der Waals surface area contributed by atoms with Crippen molar-refractivity contribution in [1.82, 2.24) is 0 Å². The van der Waals surface area contributed by atoms with E-state index in [1.807, 2.05) is 0 Å². The second-order valence-corrected chi connectivity index (χ2v) is 3.40. The Balaban J connectivity index is 3.32. The number of phenolic OH excluding ortho intramolecular Hbond substituents is 1. The van der Waals surface area contributed by atoms with Crippen molar-refractivity contribution in [3.05, 3.63) is 28.8 Å². The monoisotopic (exact) mass is 231 g/mol. The fourth-order valence-electron chi connectivity index (χ4n) is 1.32. The highest BCUT2D eigenvalue weighted by molar-refractivity contribution is 5.88. The van der Waals surface area contributed by atoms with E-state index in [-0.39, 0.29) is 16.7 Å². The van der Waals surface area contributed by atoms with Gasteiger partial charge in [0.15, 0.2) is 0 Å². The Labute approximate surface area is 90.3 Å². The average Bonchev–Trinajstić information content (AvgIpc) is 2.20. The zero-order valence-corrected chi connectivity index (χ0v) is 8.45. The lowest BCUT2D eigenvalue weighted by atomic mass is 10.00. The van der Waals surface area contributed by atoms with E-state index in [1.165, 1.54) is 13.0 Å². The second-order valence-electron chi connectivity index (χ2n) is 3.40. The molecule has 0 fully saturated rings. The van der Waals surface area contributed by atoms with E-state index in [0.29, 0.717) is 0 Å². The fourth-order valence-corrected chi connectivity index (χ4v) is 1.32. The van der Waals surface area contributed by atoms with Crippen molar-refractivity contribution < 1.29 is 23.8 Å². The largest absolute Gasteiger partial charge is 0.507 e. The van der Waals surface area contributed by atoms with E-state index in [2.05, 4.69) is 0 Å². The molecule has 0 saturated carbocycles. The van der Waals surface area contributed by atoms with Crippen molar-refractivity contribution >= 4 is 5.97 Å². The van der Waals surface area contributed by atoms with Crippen LogP contribution in [-0.2, 0) is 0 Å². The van der Waals surface area contributed by atoms with Crippen LogP contribution in [0.25, 0.3) is 0 Å². The molecule has 0 unspecified atom stereocenters. The number of carbonyl (C=O) groups is 1. The first-order chi connectivity index (χ1) is 7.34. The van der Waals surface area contributed by atoms with Crippen LogP contribution in [0.4, 0.5) is 8.78 Å². The second kappa shape index (κ2) is 4.44. The maximum atomic E-state index is 12.4. The van der Waals surface area contributed by atoms with Crippen LogP contribution in [0.3, 0.4) is 0 Å². The summed E-state index contributed by atoms with van der Waals surface area (Å²) in [5.74, 6) is -1.65. The van der Waals surface area contributed by atoms with E-state index in [4.69, 9.17) is 10.8 Å². The first-order valence-corrected chi connectivity index (χ1v) is 4.45. The van der Waals surface area contributed by atoms with Crippen LogP contribution in [0.15, 0.2) is 12.1 Å². The zero-order valence-electron chi connectivity index (χ0n) is 8.45. The van der Waals surface area contributed by atoms with Gasteiger partial charge in [-0.25, -0.2) is 13.6 Å². The molecular weight excluding hydrogens is 220 g/mol. The normalized spacial score (nSPS) is 12.8. The Morgan fingerprint density at radius 3 is 2.44 bits per heavy atom. The average molecular weight is 231 g/mol.